The summed E-state index contributed by atoms with van der Waals surface area (Å²) in [6.07, 6.45) is 1.74. The van der Waals surface area contributed by atoms with Gasteiger partial charge in [0.05, 0.1) is 9.91 Å². The van der Waals surface area contributed by atoms with Crippen LogP contribution in [0.3, 0.4) is 0 Å². The topological polar surface area (TPSA) is 17.8 Å². The van der Waals surface area contributed by atoms with Gasteiger partial charge in [-0.25, -0.2) is 4.68 Å². The highest BCUT2D eigenvalue weighted by Gasteiger charge is 2.25. The molecule has 0 atom stereocenters. The van der Waals surface area contributed by atoms with Crippen LogP contribution in [0.4, 0.5) is 0 Å². The highest BCUT2D eigenvalue weighted by molar-refractivity contribution is 9.13. The molecule has 0 radical (unpaired) electrons. The van der Waals surface area contributed by atoms with E-state index in [1.54, 1.807) is 6.20 Å². The van der Waals surface area contributed by atoms with E-state index in [1.165, 1.54) is 10.6 Å². The lowest BCUT2D eigenvalue weighted by Crippen LogP contribution is -2.25. The summed E-state index contributed by atoms with van der Waals surface area (Å²) in [4.78, 5) is 0. The predicted octanol–water partition coefficient (Wildman–Crippen LogP) is 4.27. The molecule has 5 heteroatoms. The van der Waals surface area contributed by atoms with Gasteiger partial charge >= 0.3 is 0 Å². The Balaban J connectivity index is 2.26. The van der Waals surface area contributed by atoms with Crippen molar-refractivity contribution in [2.45, 2.75) is 0 Å². The lowest BCUT2D eigenvalue weighted by Gasteiger charge is -2.19. The van der Waals surface area contributed by atoms with E-state index >= 15 is 0 Å². The number of hydrogen-bond acceptors (Lipinski definition) is 1. The summed E-state index contributed by atoms with van der Waals surface area (Å²) in [5.74, 6) is 0. The molecule has 110 valence electrons. The molecule has 0 unspecified atom stereocenters. The Morgan fingerprint density at radius 3 is 1.86 bits per heavy atom. The lowest BCUT2D eigenvalue weighted by atomic mass is 10.4. The molecule has 0 aliphatic heterocycles. The molecule has 0 bridgehead atoms. The van der Waals surface area contributed by atoms with E-state index in [2.05, 4.69) is 92.1 Å². The lowest BCUT2D eigenvalue weighted by molar-refractivity contribution is 0.947. The maximum absolute atomic E-state index is 4.49. The SMILES string of the molecule is C=Cn1nc(Br)c(Br)c1P(c1ccccc1)c1ccccc1. The Hall–Kier alpha value is -1.22. The normalized spacial score (nSPS) is 10.9. The van der Waals surface area contributed by atoms with Gasteiger partial charge in [0.2, 0.25) is 0 Å². The molecule has 3 rings (SSSR count). The first-order valence-electron chi connectivity index (χ1n) is 6.68. The molecule has 0 fully saturated rings. The molecule has 3 aromatic rings. The molecule has 0 aliphatic carbocycles. The highest BCUT2D eigenvalue weighted by atomic mass is 79.9. The third kappa shape index (κ3) is 2.96. The molecule has 0 saturated heterocycles. The Morgan fingerprint density at radius 2 is 1.41 bits per heavy atom. The van der Waals surface area contributed by atoms with Gasteiger partial charge in [0.1, 0.15) is 4.60 Å². The molecule has 0 saturated carbocycles. The van der Waals surface area contributed by atoms with Gasteiger partial charge < -0.3 is 0 Å². The molecular weight excluding hydrogens is 423 g/mol. The molecule has 22 heavy (non-hydrogen) atoms. The average Bonchev–Trinajstić information content (AvgIpc) is 2.85. The second-order valence-electron chi connectivity index (χ2n) is 4.56. The van der Waals surface area contributed by atoms with E-state index in [0.717, 1.165) is 14.5 Å². The molecular formula is C17H13Br2N2P. The highest BCUT2D eigenvalue weighted by Crippen LogP contribution is 2.37. The second-order valence-corrected chi connectivity index (χ2v) is 8.23. The van der Waals surface area contributed by atoms with Gasteiger partial charge in [-0.05, 0) is 42.5 Å². The van der Waals surface area contributed by atoms with Crippen LogP contribution in [0.15, 0.2) is 76.3 Å². The van der Waals surface area contributed by atoms with Gasteiger partial charge in [0, 0.05) is 14.1 Å². The monoisotopic (exact) mass is 434 g/mol. The molecule has 0 amide bonds. The molecule has 0 aliphatic rings. The van der Waals surface area contributed by atoms with Crippen molar-refractivity contribution in [2.24, 2.45) is 0 Å². The van der Waals surface area contributed by atoms with Crippen molar-refractivity contribution in [3.63, 3.8) is 0 Å². The first-order valence-corrected chi connectivity index (χ1v) is 9.61. The summed E-state index contributed by atoms with van der Waals surface area (Å²) in [6.45, 7) is 3.88. The Labute approximate surface area is 147 Å². The maximum Gasteiger partial charge on any atom is 0.143 e. The van der Waals surface area contributed by atoms with E-state index in [-0.39, 0.29) is 0 Å². The zero-order valence-electron chi connectivity index (χ0n) is 11.7. The van der Waals surface area contributed by atoms with Crippen LogP contribution in [0.5, 0.6) is 0 Å². The minimum Gasteiger partial charge on any atom is -0.238 e. The van der Waals surface area contributed by atoms with Crippen LogP contribution in [-0.2, 0) is 0 Å². The third-order valence-electron chi connectivity index (χ3n) is 3.20. The van der Waals surface area contributed by atoms with Crippen molar-refractivity contribution in [3.8, 4) is 0 Å². The fourth-order valence-electron chi connectivity index (χ4n) is 2.25. The second kappa shape index (κ2) is 6.91. The van der Waals surface area contributed by atoms with Crippen molar-refractivity contribution in [1.82, 2.24) is 9.78 Å². The van der Waals surface area contributed by atoms with E-state index in [9.17, 15) is 0 Å². The number of halogens is 2. The smallest absolute Gasteiger partial charge is 0.143 e. The van der Waals surface area contributed by atoms with Gasteiger partial charge in [-0.15, -0.1) is 0 Å². The molecule has 1 heterocycles. The fourth-order valence-corrected chi connectivity index (χ4v) is 5.92. The number of benzene rings is 2. The van der Waals surface area contributed by atoms with Crippen LogP contribution in [0, 0.1) is 0 Å². The van der Waals surface area contributed by atoms with E-state index in [0.29, 0.717) is 0 Å². The van der Waals surface area contributed by atoms with E-state index < -0.39 is 7.92 Å². The van der Waals surface area contributed by atoms with E-state index in [1.807, 2.05) is 16.8 Å². The van der Waals surface area contributed by atoms with Gasteiger partial charge in [0.25, 0.3) is 0 Å². The van der Waals surface area contributed by atoms with Crippen LogP contribution in [0.25, 0.3) is 6.20 Å². The summed E-state index contributed by atoms with van der Waals surface area (Å²) < 4.78 is 3.62. The standard InChI is InChI=1S/C17H13Br2N2P/c1-2-21-17(15(18)16(19)20-21)22(13-9-5-3-6-10-13)14-11-7-4-8-12-14/h2-12H,1H2. The fraction of sp³-hybridized carbons (Fsp3) is 0. The van der Waals surface area contributed by atoms with Gasteiger partial charge in [0.15, 0.2) is 0 Å². The Kier molecular flexibility index (Phi) is 4.92. The van der Waals surface area contributed by atoms with Crippen LogP contribution < -0.4 is 16.0 Å². The molecule has 0 N–H and O–H groups in total. The van der Waals surface area contributed by atoms with Crippen molar-refractivity contribution >= 4 is 62.0 Å². The summed E-state index contributed by atoms with van der Waals surface area (Å²) in [6, 6.07) is 21.0. The molecule has 2 nitrogen and oxygen atoms in total. The molecule has 1 aromatic heterocycles. The third-order valence-corrected chi connectivity index (χ3v) is 7.83. The van der Waals surface area contributed by atoms with Crippen LogP contribution >= 0.6 is 39.8 Å². The van der Waals surface area contributed by atoms with Crippen molar-refractivity contribution in [3.05, 3.63) is 76.3 Å². The van der Waals surface area contributed by atoms with Crippen LogP contribution in [-0.4, -0.2) is 9.78 Å². The zero-order valence-corrected chi connectivity index (χ0v) is 15.7. The Bertz CT molecular complexity index is 746. The zero-order chi connectivity index (χ0) is 15.5. The number of nitrogens with zero attached hydrogens (tertiary/aromatic N) is 2. The first kappa shape index (κ1) is 15.7. The number of aromatic nitrogens is 2. The summed E-state index contributed by atoms with van der Waals surface area (Å²) in [5.41, 5.74) is 1.12. The first-order chi connectivity index (χ1) is 10.7. The quantitative estimate of drug-likeness (QED) is 0.559. The molecule has 2 aromatic carbocycles. The number of rotatable bonds is 4. The average molecular weight is 436 g/mol. The number of hydrogen-bond donors (Lipinski definition) is 0. The summed E-state index contributed by atoms with van der Waals surface area (Å²) in [7, 11) is -0.720. The Morgan fingerprint density at radius 1 is 0.909 bits per heavy atom. The van der Waals surface area contributed by atoms with Crippen molar-refractivity contribution < 1.29 is 0 Å². The largest absolute Gasteiger partial charge is 0.238 e. The predicted molar refractivity (Wildman–Crippen MR) is 103 cm³/mol. The van der Waals surface area contributed by atoms with Crippen LogP contribution in [0.2, 0.25) is 0 Å². The van der Waals surface area contributed by atoms with Crippen molar-refractivity contribution in [1.29, 1.82) is 0 Å². The minimum atomic E-state index is -0.720. The van der Waals surface area contributed by atoms with Gasteiger partial charge in [-0.1, -0.05) is 67.2 Å². The van der Waals surface area contributed by atoms with Crippen LogP contribution in [0.1, 0.15) is 0 Å². The molecule has 0 spiro atoms. The summed E-state index contributed by atoms with van der Waals surface area (Å²) in [5, 5.41) is 7.04. The minimum absolute atomic E-state index is 0.720. The van der Waals surface area contributed by atoms with E-state index in [4.69, 9.17) is 0 Å². The maximum atomic E-state index is 4.49. The summed E-state index contributed by atoms with van der Waals surface area (Å²) >= 11 is 7.18. The van der Waals surface area contributed by atoms with Crippen molar-refractivity contribution in [2.75, 3.05) is 0 Å². The van der Waals surface area contributed by atoms with Gasteiger partial charge in [-0.3, -0.25) is 0 Å². The van der Waals surface area contributed by atoms with Gasteiger partial charge in [-0.2, -0.15) is 5.10 Å².